The van der Waals surface area contributed by atoms with Crippen LogP contribution >= 0.6 is 0 Å². The second-order valence-electron chi connectivity index (χ2n) is 7.96. The van der Waals surface area contributed by atoms with Gasteiger partial charge >= 0.3 is 0 Å². The molecule has 1 heterocycles. The molecular formula is C29H23N3O. The Labute approximate surface area is 192 Å². The first kappa shape index (κ1) is 20.5. The van der Waals surface area contributed by atoms with Crippen molar-refractivity contribution >= 4 is 33.9 Å². The lowest BCUT2D eigenvalue weighted by molar-refractivity contribution is 0.102. The highest BCUT2D eigenvalue weighted by Crippen LogP contribution is 2.26. The summed E-state index contributed by atoms with van der Waals surface area (Å²) in [5.74, 6) is -0.161. The number of rotatable bonds is 5. The maximum Gasteiger partial charge on any atom is 0.256 e. The van der Waals surface area contributed by atoms with Gasteiger partial charge < -0.3 is 10.6 Å². The third kappa shape index (κ3) is 4.60. The van der Waals surface area contributed by atoms with Crippen molar-refractivity contribution in [2.45, 2.75) is 6.92 Å². The Morgan fingerprint density at radius 1 is 0.697 bits per heavy atom. The molecular weight excluding hydrogens is 406 g/mol. The minimum absolute atomic E-state index is 0.161. The largest absolute Gasteiger partial charge is 0.356 e. The zero-order valence-corrected chi connectivity index (χ0v) is 18.2. The summed E-state index contributed by atoms with van der Waals surface area (Å²) in [5.41, 5.74) is 7.02. The summed E-state index contributed by atoms with van der Waals surface area (Å²) in [6.07, 6.45) is 0. The molecule has 160 valence electrons. The Bertz CT molecular complexity index is 1430. The molecule has 0 saturated carbocycles. The highest BCUT2D eigenvalue weighted by atomic mass is 16.1. The van der Waals surface area contributed by atoms with Gasteiger partial charge in [-0.2, -0.15) is 0 Å². The van der Waals surface area contributed by atoms with Crippen LogP contribution in [0.25, 0.3) is 22.2 Å². The van der Waals surface area contributed by atoms with E-state index in [1.54, 1.807) is 0 Å². The molecule has 4 aromatic carbocycles. The number of aromatic nitrogens is 1. The molecule has 0 radical (unpaired) electrons. The average Bonchev–Trinajstić information content (AvgIpc) is 2.85. The zero-order valence-electron chi connectivity index (χ0n) is 18.2. The third-order valence-corrected chi connectivity index (χ3v) is 5.48. The fraction of sp³-hybridized carbons (Fsp3) is 0.0345. The molecule has 5 rings (SSSR count). The number of carbonyl (C=O) groups is 1. The lowest BCUT2D eigenvalue weighted by atomic mass is 10.0. The van der Waals surface area contributed by atoms with E-state index in [0.717, 1.165) is 44.8 Å². The highest BCUT2D eigenvalue weighted by Gasteiger charge is 2.14. The van der Waals surface area contributed by atoms with Crippen LogP contribution in [0.1, 0.15) is 15.9 Å². The molecule has 2 N–H and O–H groups in total. The van der Waals surface area contributed by atoms with Gasteiger partial charge in [0.25, 0.3) is 5.91 Å². The van der Waals surface area contributed by atoms with Gasteiger partial charge in [-0.1, -0.05) is 60.2 Å². The Balaban J connectivity index is 1.43. The van der Waals surface area contributed by atoms with Crippen molar-refractivity contribution in [1.82, 2.24) is 4.98 Å². The molecule has 4 nitrogen and oxygen atoms in total. The molecule has 0 saturated heterocycles. The summed E-state index contributed by atoms with van der Waals surface area (Å²) in [7, 11) is 0. The molecule has 0 unspecified atom stereocenters. The van der Waals surface area contributed by atoms with Gasteiger partial charge in [-0.15, -0.1) is 0 Å². The quantitative estimate of drug-likeness (QED) is 0.310. The van der Waals surface area contributed by atoms with Crippen LogP contribution in [0.3, 0.4) is 0 Å². The van der Waals surface area contributed by atoms with E-state index in [9.17, 15) is 4.79 Å². The van der Waals surface area contributed by atoms with Crippen LogP contribution in [0.15, 0.2) is 109 Å². The van der Waals surface area contributed by atoms with Crippen molar-refractivity contribution in [3.05, 3.63) is 120 Å². The van der Waals surface area contributed by atoms with E-state index >= 15 is 0 Å². The summed E-state index contributed by atoms with van der Waals surface area (Å²) >= 11 is 0. The van der Waals surface area contributed by atoms with Crippen LogP contribution in [0.4, 0.5) is 17.1 Å². The predicted octanol–water partition coefficient (Wildman–Crippen LogP) is 7.21. The smallest absolute Gasteiger partial charge is 0.256 e. The summed E-state index contributed by atoms with van der Waals surface area (Å²) in [6, 6.07) is 35.4. The lowest BCUT2D eigenvalue weighted by Crippen LogP contribution is -2.13. The average molecular weight is 430 g/mol. The second-order valence-corrected chi connectivity index (χ2v) is 7.96. The number of benzene rings is 4. The van der Waals surface area contributed by atoms with Crippen LogP contribution in [0.2, 0.25) is 0 Å². The maximum absolute atomic E-state index is 13.3. The van der Waals surface area contributed by atoms with Gasteiger partial charge in [0.2, 0.25) is 0 Å². The zero-order chi connectivity index (χ0) is 22.6. The van der Waals surface area contributed by atoms with E-state index in [-0.39, 0.29) is 5.91 Å². The number of fused-ring (bicyclic) bond motifs is 1. The molecule has 0 aliphatic heterocycles. The van der Waals surface area contributed by atoms with Crippen molar-refractivity contribution in [2.75, 3.05) is 10.6 Å². The molecule has 0 atom stereocenters. The number of nitrogens with one attached hydrogen (secondary N) is 2. The molecule has 33 heavy (non-hydrogen) atoms. The predicted molar refractivity (Wildman–Crippen MR) is 136 cm³/mol. The molecule has 0 spiro atoms. The van der Waals surface area contributed by atoms with Gasteiger partial charge in [0.15, 0.2) is 0 Å². The highest BCUT2D eigenvalue weighted by molar-refractivity contribution is 6.13. The standard InChI is InChI=1S/C29H23N3O/c1-20-8-7-9-21(18-20)28-19-26(25-12-5-6-13-27(25)32-28)29(33)31-24-16-14-23(15-17-24)30-22-10-3-2-4-11-22/h2-19,30H,1H3,(H,31,33). The summed E-state index contributed by atoms with van der Waals surface area (Å²) in [6.45, 7) is 2.05. The van der Waals surface area contributed by atoms with Crippen molar-refractivity contribution < 1.29 is 4.79 Å². The fourth-order valence-corrected chi connectivity index (χ4v) is 3.84. The molecule has 0 aliphatic carbocycles. The number of anilines is 3. The van der Waals surface area contributed by atoms with Crippen LogP contribution in [0.5, 0.6) is 0 Å². The van der Waals surface area contributed by atoms with Crippen LogP contribution in [0, 0.1) is 6.92 Å². The van der Waals surface area contributed by atoms with Crippen molar-refractivity contribution in [3.8, 4) is 11.3 Å². The summed E-state index contributed by atoms with van der Waals surface area (Å²) in [4.78, 5) is 18.1. The Morgan fingerprint density at radius 2 is 1.39 bits per heavy atom. The maximum atomic E-state index is 13.3. The number of pyridine rings is 1. The van der Waals surface area contributed by atoms with E-state index in [1.807, 2.05) is 97.1 Å². The lowest BCUT2D eigenvalue weighted by Gasteiger charge is -2.12. The van der Waals surface area contributed by atoms with Crippen LogP contribution in [-0.4, -0.2) is 10.9 Å². The molecule has 0 bridgehead atoms. The number of hydrogen-bond donors (Lipinski definition) is 2. The van der Waals surface area contributed by atoms with Gasteiger partial charge in [-0.05, 0) is 61.5 Å². The van der Waals surface area contributed by atoms with E-state index in [4.69, 9.17) is 4.98 Å². The van der Waals surface area contributed by atoms with Gasteiger partial charge in [0.1, 0.15) is 0 Å². The van der Waals surface area contributed by atoms with Crippen molar-refractivity contribution in [1.29, 1.82) is 0 Å². The Kier molecular flexibility index (Phi) is 5.56. The molecule has 0 fully saturated rings. The summed E-state index contributed by atoms with van der Waals surface area (Å²) in [5, 5.41) is 7.21. The number of carbonyl (C=O) groups excluding carboxylic acids is 1. The Morgan fingerprint density at radius 3 is 2.18 bits per heavy atom. The third-order valence-electron chi connectivity index (χ3n) is 5.48. The second kappa shape index (κ2) is 8.97. The van der Waals surface area contributed by atoms with E-state index in [2.05, 4.69) is 29.7 Å². The number of hydrogen-bond acceptors (Lipinski definition) is 3. The van der Waals surface area contributed by atoms with Gasteiger partial charge in [0, 0.05) is 28.0 Å². The number of aryl methyl sites for hydroxylation is 1. The van der Waals surface area contributed by atoms with E-state index in [1.165, 1.54) is 0 Å². The minimum Gasteiger partial charge on any atom is -0.356 e. The monoisotopic (exact) mass is 429 g/mol. The van der Waals surface area contributed by atoms with Crippen molar-refractivity contribution in [3.63, 3.8) is 0 Å². The SMILES string of the molecule is Cc1cccc(-c2cc(C(=O)Nc3ccc(Nc4ccccc4)cc3)c3ccccc3n2)c1. The minimum atomic E-state index is -0.161. The first-order valence-corrected chi connectivity index (χ1v) is 10.9. The summed E-state index contributed by atoms with van der Waals surface area (Å²) < 4.78 is 0. The Hall–Kier alpha value is -4.44. The molecule has 4 heteroatoms. The van der Waals surface area contributed by atoms with Crippen LogP contribution < -0.4 is 10.6 Å². The van der Waals surface area contributed by atoms with E-state index in [0.29, 0.717) is 5.56 Å². The molecule has 1 amide bonds. The van der Waals surface area contributed by atoms with Crippen LogP contribution in [-0.2, 0) is 0 Å². The van der Waals surface area contributed by atoms with Gasteiger partial charge in [-0.3, -0.25) is 4.79 Å². The molecule has 5 aromatic rings. The number of amides is 1. The fourth-order valence-electron chi connectivity index (χ4n) is 3.84. The topological polar surface area (TPSA) is 54.0 Å². The first-order valence-electron chi connectivity index (χ1n) is 10.9. The van der Waals surface area contributed by atoms with Crippen molar-refractivity contribution in [2.24, 2.45) is 0 Å². The molecule has 1 aromatic heterocycles. The van der Waals surface area contributed by atoms with Gasteiger partial charge in [0.05, 0.1) is 16.8 Å². The van der Waals surface area contributed by atoms with Gasteiger partial charge in [-0.25, -0.2) is 4.98 Å². The molecule has 0 aliphatic rings. The van der Waals surface area contributed by atoms with E-state index < -0.39 is 0 Å². The normalized spacial score (nSPS) is 10.7. The number of nitrogens with zero attached hydrogens (tertiary/aromatic N) is 1. The number of para-hydroxylation sites is 2. The first-order chi connectivity index (χ1) is 16.2.